The summed E-state index contributed by atoms with van der Waals surface area (Å²) in [5.41, 5.74) is 3.49. The Morgan fingerprint density at radius 1 is 1.57 bits per heavy atom. The van der Waals surface area contributed by atoms with Gasteiger partial charge in [-0.3, -0.25) is 9.89 Å². The summed E-state index contributed by atoms with van der Waals surface area (Å²) in [7, 11) is 0. The second-order valence-electron chi connectivity index (χ2n) is 2.62. The van der Waals surface area contributed by atoms with E-state index in [2.05, 4.69) is 5.10 Å². The van der Waals surface area contributed by atoms with Crippen LogP contribution in [0.15, 0.2) is 6.20 Å². The zero-order chi connectivity index (χ0) is 10.8. The molecule has 3 N–H and O–H groups in total. The molecule has 1 rings (SSSR count). The van der Waals surface area contributed by atoms with Gasteiger partial charge in [-0.2, -0.15) is 18.3 Å². The third-order valence-electron chi connectivity index (χ3n) is 1.59. The number of nitrogens with zero attached hydrogens (tertiary/aromatic N) is 1. The molecule has 78 valence electrons. The number of rotatable bonds is 3. The minimum atomic E-state index is -4.59. The highest BCUT2D eigenvalue weighted by Crippen LogP contribution is 2.30. The maximum atomic E-state index is 12.2. The fraction of sp³-hybridized carbons (Fsp3) is 0.429. The Balaban J connectivity index is 2.99. The predicted octanol–water partition coefficient (Wildman–Crippen LogP) is 0.960. The van der Waals surface area contributed by atoms with Crippen LogP contribution in [0.5, 0.6) is 0 Å². The van der Waals surface area contributed by atoms with Crippen LogP contribution in [0.4, 0.5) is 13.2 Å². The lowest BCUT2D eigenvalue weighted by atomic mass is 10.1. The van der Waals surface area contributed by atoms with Crippen molar-refractivity contribution in [3.8, 4) is 0 Å². The number of carbonyl (C=O) groups excluding carboxylic acids is 1. The van der Waals surface area contributed by atoms with Crippen LogP contribution in [-0.4, -0.2) is 22.5 Å². The van der Waals surface area contributed by atoms with Crippen LogP contribution in [0.2, 0.25) is 0 Å². The number of nitrogens with two attached hydrogens (primary N) is 1. The number of aromatic nitrogens is 2. The SMILES string of the molecule is NCCC(=O)c1cn[nH]c1C(F)(F)F. The fourth-order valence-electron chi connectivity index (χ4n) is 0.979. The number of ketones is 1. The van der Waals surface area contributed by atoms with Crippen molar-refractivity contribution in [3.05, 3.63) is 17.5 Å². The minimum absolute atomic E-state index is 0.0152. The quantitative estimate of drug-likeness (QED) is 0.725. The molecular weight excluding hydrogens is 199 g/mol. The molecule has 14 heavy (non-hydrogen) atoms. The first-order valence-electron chi connectivity index (χ1n) is 3.80. The van der Waals surface area contributed by atoms with Crippen LogP contribution in [0.1, 0.15) is 22.5 Å². The Morgan fingerprint density at radius 3 is 2.71 bits per heavy atom. The number of carbonyl (C=O) groups is 1. The van der Waals surface area contributed by atoms with Gasteiger partial charge >= 0.3 is 6.18 Å². The van der Waals surface area contributed by atoms with Gasteiger partial charge in [-0.25, -0.2) is 0 Å². The van der Waals surface area contributed by atoms with Gasteiger partial charge in [0.2, 0.25) is 0 Å². The minimum Gasteiger partial charge on any atom is -0.330 e. The first-order valence-corrected chi connectivity index (χ1v) is 3.80. The van der Waals surface area contributed by atoms with Gasteiger partial charge in [-0.15, -0.1) is 0 Å². The molecule has 0 fully saturated rings. The van der Waals surface area contributed by atoms with Gasteiger partial charge in [-0.1, -0.05) is 0 Å². The van der Waals surface area contributed by atoms with Crippen molar-refractivity contribution >= 4 is 5.78 Å². The molecule has 0 bridgehead atoms. The molecule has 0 spiro atoms. The molecule has 0 saturated carbocycles. The van der Waals surface area contributed by atoms with E-state index in [1.807, 2.05) is 0 Å². The summed E-state index contributed by atoms with van der Waals surface area (Å²) >= 11 is 0. The highest BCUT2D eigenvalue weighted by Gasteiger charge is 2.37. The van der Waals surface area contributed by atoms with Crippen LogP contribution >= 0.6 is 0 Å². The molecule has 1 heterocycles. The highest BCUT2D eigenvalue weighted by atomic mass is 19.4. The summed E-state index contributed by atoms with van der Waals surface area (Å²) in [5.74, 6) is -0.659. The lowest BCUT2D eigenvalue weighted by molar-refractivity contribution is -0.141. The van der Waals surface area contributed by atoms with Gasteiger partial charge in [0.05, 0.1) is 11.8 Å². The summed E-state index contributed by atoms with van der Waals surface area (Å²) in [5, 5.41) is 4.93. The third-order valence-corrected chi connectivity index (χ3v) is 1.59. The number of hydrogen-bond acceptors (Lipinski definition) is 3. The van der Waals surface area contributed by atoms with E-state index in [0.29, 0.717) is 0 Å². The van der Waals surface area contributed by atoms with E-state index in [4.69, 9.17) is 5.73 Å². The molecule has 0 radical (unpaired) electrons. The molecule has 0 aromatic carbocycles. The maximum absolute atomic E-state index is 12.2. The molecule has 7 heteroatoms. The molecule has 0 saturated heterocycles. The van der Waals surface area contributed by atoms with Gasteiger partial charge in [0.25, 0.3) is 0 Å². The second-order valence-corrected chi connectivity index (χ2v) is 2.62. The van der Waals surface area contributed by atoms with Crippen LogP contribution in [-0.2, 0) is 6.18 Å². The van der Waals surface area contributed by atoms with Crippen LogP contribution in [0.25, 0.3) is 0 Å². The molecule has 1 aromatic heterocycles. The zero-order valence-electron chi connectivity index (χ0n) is 7.06. The average Bonchev–Trinajstić information content (AvgIpc) is 2.50. The zero-order valence-corrected chi connectivity index (χ0v) is 7.06. The van der Waals surface area contributed by atoms with Crippen molar-refractivity contribution in [2.45, 2.75) is 12.6 Å². The Hall–Kier alpha value is -1.37. The highest BCUT2D eigenvalue weighted by molar-refractivity contribution is 5.97. The van der Waals surface area contributed by atoms with Gasteiger partial charge in [0.15, 0.2) is 5.78 Å². The van der Waals surface area contributed by atoms with Gasteiger partial charge in [-0.05, 0) is 6.54 Å². The summed E-state index contributed by atoms with van der Waals surface area (Å²) in [6.07, 6.45) is -3.85. The smallest absolute Gasteiger partial charge is 0.330 e. The lowest BCUT2D eigenvalue weighted by Gasteiger charge is -2.05. The van der Waals surface area contributed by atoms with E-state index in [-0.39, 0.29) is 13.0 Å². The van der Waals surface area contributed by atoms with Crippen molar-refractivity contribution in [2.24, 2.45) is 5.73 Å². The first kappa shape index (κ1) is 10.7. The number of alkyl halides is 3. The summed E-state index contributed by atoms with van der Waals surface area (Å²) in [6.45, 7) is 0.0152. The lowest BCUT2D eigenvalue weighted by Crippen LogP contribution is -2.14. The van der Waals surface area contributed by atoms with Crippen LogP contribution in [0.3, 0.4) is 0 Å². The molecular formula is C7H8F3N3O. The van der Waals surface area contributed by atoms with Crippen molar-refractivity contribution in [3.63, 3.8) is 0 Å². The molecule has 0 aliphatic heterocycles. The van der Waals surface area contributed by atoms with E-state index in [1.54, 1.807) is 5.10 Å². The predicted molar refractivity (Wildman–Crippen MR) is 41.6 cm³/mol. The largest absolute Gasteiger partial charge is 0.433 e. The number of nitrogens with one attached hydrogen (secondary N) is 1. The summed E-state index contributed by atoms with van der Waals surface area (Å²) < 4.78 is 36.7. The first-order chi connectivity index (χ1) is 6.46. The van der Waals surface area contributed by atoms with Crippen LogP contribution < -0.4 is 5.73 Å². The van der Waals surface area contributed by atoms with Crippen molar-refractivity contribution in [1.29, 1.82) is 0 Å². The van der Waals surface area contributed by atoms with Crippen molar-refractivity contribution < 1.29 is 18.0 Å². The number of Topliss-reactive ketones (excluding diaryl/α,β-unsaturated/α-hetero) is 1. The Bertz CT molecular complexity index is 331. The average molecular weight is 207 g/mol. The van der Waals surface area contributed by atoms with Gasteiger partial charge in [0.1, 0.15) is 5.69 Å². The number of H-pyrrole nitrogens is 1. The van der Waals surface area contributed by atoms with E-state index >= 15 is 0 Å². The topological polar surface area (TPSA) is 71.8 Å². The molecule has 0 unspecified atom stereocenters. The van der Waals surface area contributed by atoms with E-state index in [1.165, 1.54) is 0 Å². The molecule has 0 aliphatic carbocycles. The Morgan fingerprint density at radius 2 is 2.21 bits per heavy atom. The standard InChI is InChI=1S/C7H8F3N3O/c8-7(9,10)6-4(3-12-13-6)5(14)1-2-11/h3H,1-2,11H2,(H,12,13). The van der Waals surface area contributed by atoms with E-state index in [9.17, 15) is 18.0 Å². The van der Waals surface area contributed by atoms with Crippen molar-refractivity contribution in [2.75, 3.05) is 6.54 Å². The Kier molecular flexibility index (Phi) is 2.90. The third kappa shape index (κ3) is 2.11. The number of hydrogen-bond donors (Lipinski definition) is 2. The number of aromatic amines is 1. The summed E-state index contributed by atoms with van der Waals surface area (Å²) in [6, 6.07) is 0. The molecule has 0 atom stereocenters. The maximum Gasteiger partial charge on any atom is 0.433 e. The molecule has 0 aliphatic rings. The van der Waals surface area contributed by atoms with E-state index < -0.39 is 23.2 Å². The second kappa shape index (κ2) is 3.79. The van der Waals surface area contributed by atoms with Crippen LogP contribution in [0, 0.1) is 0 Å². The van der Waals surface area contributed by atoms with E-state index in [0.717, 1.165) is 6.20 Å². The normalized spacial score (nSPS) is 11.7. The van der Waals surface area contributed by atoms with Gasteiger partial charge < -0.3 is 5.73 Å². The van der Waals surface area contributed by atoms with Gasteiger partial charge in [0, 0.05) is 6.42 Å². The Labute approximate surface area is 77.3 Å². The monoisotopic (exact) mass is 207 g/mol. The molecule has 1 aromatic rings. The fourth-order valence-corrected chi connectivity index (χ4v) is 0.979. The molecule has 4 nitrogen and oxygen atoms in total. The van der Waals surface area contributed by atoms with Crippen molar-refractivity contribution in [1.82, 2.24) is 10.2 Å². The summed E-state index contributed by atoms with van der Waals surface area (Å²) in [4.78, 5) is 11.1. The molecule has 0 amide bonds. The number of halogens is 3.